The molecule has 7 heteroatoms. The molecule has 1 aromatic heterocycles. The van der Waals surface area contributed by atoms with Gasteiger partial charge in [-0.25, -0.2) is 14.4 Å². The summed E-state index contributed by atoms with van der Waals surface area (Å²) in [6, 6.07) is 4.98. The molecule has 1 N–H and O–H groups in total. The Kier molecular flexibility index (Phi) is 5.57. The molecule has 0 radical (unpaired) electrons. The van der Waals surface area contributed by atoms with Crippen molar-refractivity contribution in [3.63, 3.8) is 0 Å². The minimum Gasteiger partial charge on any atom is -0.379 e. The fourth-order valence-electron chi connectivity index (χ4n) is 3.82. The van der Waals surface area contributed by atoms with Crippen LogP contribution in [-0.4, -0.2) is 78.3 Å². The van der Waals surface area contributed by atoms with E-state index in [9.17, 15) is 4.39 Å². The van der Waals surface area contributed by atoms with Gasteiger partial charge in [0, 0.05) is 44.2 Å². The van der Waals surface area contributed by atoms with E-state index in [1.54, 1.807) is 12.4 Å². The van der Waals surface area contributed by atoms with Crippen molar-refractivity contribution in [1.82, 2.24) is 19.8 Å². The van der Waals surface area contributed by atoms with Gasteiger partial charge >= 0.3 is 0 Å². The van der Waals surface area contributed by atoms with Gasteiger partial charge in [-0.3, -0.25) is 4.90 Å². The smallest absolute Gasteiger partial charge is 0.137 e. The summed E-state index contributed by atoms with van der Waals surface area (Å²) >= 11 is 0. The number of nitrogens with one attached hydrogen (secondary N) is 1. The number of fused-ring (bicyclic) bond motifs is 1. The van der Waals surface area contributed by atoms with Crippen molar-refractivity contribution < 1.29 is 9.13 Å². The first-order valence-electron chi connectivity index (χ1n) is 9.47. The molecular weight excluding hydrogens is 333 g/mol. The highest BCUT2D eigenvalue weighted by molar-refractivity contribution is 5.88. The van der Waals surface area contributed by atoms with Crippen LogP contribution < -0.4 is 5.32 Å². The number of morpholine rings is 1. The molecular formula is C19H26FN5O. The summed E-state index contributed by atoms with van der Waals surface area (Å²) in [7, 11) is 0. The van der Waals surface area contributed by atoms with Crippen LogP contribution in [0.3, 0.4) is 0 Å². The number of ether oxygens (including phenoxy) is 1. The second-order valence-electron chi connectivity index (χ2n) is 7.12. The van der Waals surface area contributed by atoms with Crippen molar-refractivity contribution >= 4 is 16.7 Å². The average Bonchev–Trinajstić information content (AvgIpc) is 2.68. The third kappa shape index (κ3) is 4.28. The fraction of sp³-hybridized carbons (Fsp3) is 0.579. The Morgan fingerprint density at radius 1 is 1.12 bits per heavy atom. The third-order valence-corrected chi connectivity index (χ3v) is 5.28. The van der Waals surface area contributed by atoms with Crippen molar-refractivity contribution in [2.45, 2.75) is 18.9 Å². The molecule has 4 rings (SSSR count). The van der Waals surface area contributed by atoms with Gasteiger partial charge in [-0.1, -0.05) is 0 Å². The monoisotopic (exact) mass is 359 g/mol. The summed E-state index contributed by atoms with van der Waals surface area (Å²) in [6.45, 7) is 8.08. The number of hydrogen-bond acceptors (Lipinski definition) is 6. The zero-order valence-electron chi connectivity index (χ0n) is 15.0. The van der Waals surface area contributed by atoms with E-state index in [0.29, 0.717) is 6.04 Å². The fourth-order valence-corrected chi connectivity index (χ4v) is 3.82. The van der Waals surface area contributed by atoms with Crippen LogP contribution in [0.1, 0.15) is 12.8 Å². The van der Waals surface area contributed by atoms with Crippen molar-refractivity contribution in [3.8, 4) is 0 Å². The summed E-state index contributed by atoms with van der Waals surface area (Å²) in [5, 5.41) is 4.27. The molecule has 2 fully saturated rings. The predicted molar refractivity (Wildman–Crippen MR) is 99.8 cm³/mol. The highest BCUT2D eigenvalue weighted by atomic mass is 19.1. The Morgan fingerprint density at radius 3 is 2.85 bits per heavy atom. The molecule has 2 saturated heterocycles. The highest BCUT2D eigenvalue weighted by Gasteiger charge is 2.21. The van der Waals surface area contributed by atoms with Crippen LogP contribution in [0.25, 0.3) is 10.9 Å². The van der Waals surface area contributed by atoms with Crippen LogP contribution in [-0.2, 0) is 4.74 Å². The summed E-state index contributed by atoms with van der Waals surface area (Å²) in [5.74, 6) is 0.473. The lowest BCUT2D eigenvalue weighted by Gasteiger charge is -2.35. The standard InChI is InChI=1S/C19H26FN5O/c20-15-3-4-18-17(12-15)19(22-14-21-18)23-16-2-1-5-25(13-16)7-6-24-8-10-26-11-9-24/h3-4,12,14,16H,1-2,5-11,13H2,(H,21,22,23)/t16-/m0/s1. The molecule has 2 aliphatic rings. The first-order chi connectivity index (χ1) is 12.8. The Bertz CT molecular complexity index is 737. The van der Waals surface area contributed by atoms with Gasteiger partial charge in [-0.05, 0) is 37.6 Å². The van der Waals surface area contributed by atoms with Crippen molar-refractivity contribution in [1.29, 1.82) is 0 Å². The largest absolute Gasteiger partial charge is 0.379 e. The van der Waals surface area contributed by atoms with Gasteiger partial charge in [0.25, 0.3) is 0 Å². The molecule has 2 aliphatic heterocycles. The minimum atomic E-state index is -0.258. The Morgan fingerprint density at radius 2 is 1.96 bits per heavy atom. The van der Waals surface area contributed by atoms with E-state index in [0.717, 1.165) is 82.0 Å². The SMILES string of the molecule is Fc1ccc2ncnc(N[C@H]3CCCN(CCN4CCOCC4)C3)c2c1. The molecule has 1 atom stereocenters. The van der Waals surface area contributed by atoms with Gasteiger partial charge in [0.2, 0.25) is 0 Å². The number of nitrogens with zero attached hydrogens (tertiary/aromatic N) is 4. The lowest BCUT2D eigenvalue weighted by atomic mass is 10.1. The van der Waals surface area contributed by atoms with E-state index in [-0.39, 0.29) is 5.82 Å². The number of piperidine rings is 1. The van der Waals surface area contributed by atoms with Crippen LogP contribution >= 0.6 is 0 Å². The maximum Gasteiger partial charge on any atom is 0.137 e. The maximum atomic E-state index is 13.6. The zero-order valence-corrected chi connectivity index (χ0v) is 15.0. The number of hydrogen-bond donors (Lipinski definition) is 1. The Balaban J connectivity index is 1.37. The lowest BCUT2D eigenvalue weighted by Crippen LogP contribution is -2.46. The van der Waals surface area contributed by atoms with Gasteiger partial charge in [0.05, 0.1) is 18.7 Å². The van der Waals surface area contributed by atoms with Crippen LogP contribution in [0.4, 0.5) is 10.2 Å². The van der Waals surface area contributed by atoms with Gasteiger partial charge in [0.15, 0.2) is 0 Å². The van der Waals surface area contributed by atoms with Crippen molar-refractivity contribution in [2.24, 2.45) is 0 Å². The molecule has 26 heavy (non-hydrogen) atoms. The lowest BCUT2D eigenvalue weighted by molar-refractivity contribution is 0.0321. The molecule has 2 aromatic rings. The van der Waals surface area contributed by atoms with Crippen LogP contribution in [0.2, 0.25) is 0 Å². The van der Waals surface area contributed by atoms with E-state index in [2.05, 4.69) is 25.1 Å². The molecule has 0 spiro atoms. The molecule has 0 saturated carbocycles. The number of benzene rings is 1. The Hall–Kier alpha value is -1.83. The van der Waals surface area contributed by atoms with Crippen molar-refractivity contribution in [3.05, 3.63) is 30.3 Å². The predicted octanol–water partition coefficient (Wildman–Crippen LogP) is 1.98. The van der Waals surface area contributed by atoms with Gasteiger partial charge in [-0.15, -0.1) is 0 Å². The molecule has 140 valence electrons. The number of halogens is 1. The zero-order chi connectivity index (χ0) is 17.8. The number of aromatic nitrogens is 2. The molecule has 0 bridgehead atoms. The first-order valence-corrected chi connectivity index (χ1v) is 9.47. The molecule has 3 heterocycles. The maximum absolute atomic E-state index is 13.6. The number of rotatable bonds is 5. The summed E-state index contributed by atoms with van der Waals surface area (Å²) < 4.78 is 19.0. The molecule has 0 aliphatic carbocycles. The van der Waals surface area contributed by atoms with Gasteiger partial charge < -0.3 is 15.0 Å². The van der Waals surface area contributed by atoms with Crippen molar-refractivity contribution in [2.75, 3.05) is 57.8 Å². The quantitative estimate of drug-likeness (QED) is 0.881. The van der Waals surface area contributed by atoms with Gasteiger partial charge in [-0.2, -0.15) is 0 Å². The van der Waals surface area contributed by atoms with E-state index >= 15 is 0 Å². The van der Waals surface area contributed by atoms with E-state index in [4.69, 9.17) is 4.74 Å². The van der Waals surface area contributed by atoms with Crippen LogP contribution in [0.15, 0.2) is 24.5 Å². The van der Waals surface area contributed by atoms with E-state index in [1.807, 2.05) is 0 Å². The van der Waals surface area contributed by atoms with Gasteiger partial charge in [0.1, 0.15) is 18.0 Å². The third-order valence-electron chi connectivity index (χ3n) is 5.28. The first kappa shape index (κ1) is 17.6. The van der Waals surface area contributed by atoms with Crippen LogP contribution in [0, 0.1) is 5.82 Å². The molecule has 1 aromatic carbocycles. The highest BCUT2D eigenvalue weighted by Crippen LogP contribution is 2.22. The van der Waals surface area contributed by atoms with E-state index in [1.165, 1.54) is 12.1 Å². The second-order valence-corrected chi connectivity index (χ2v) is 7.12. The van der Waals surface area contributed by atoms with E-state index < -0.39 is 0 Å². The number of anilines is 1. The second kappa shape index (κ2) is 8.24. The minimum absolute atomic E-state index is 0.258. The molecule has 0 unspecified atom stereocenters. The summed E-state index contributed by atoms with van der Waals surface area (Å²) in [5.41, 5.74) is 0.767. The van der Waals surface area contributed by atoms with Crippen LogP contribution in [0.5, 0.6) is 0 Å². The topological polar surface area (TPSA) is 53.5 Å². The summed E-state index contributed by atoms with van der Waals surface area (Å²) in [6.07, 6.45) is 3.81. The average molecular weight is 359 g/mol. The summed E-state index contributed by atoms with van der Waals surface area (Å²) in [4.78, 5) is 13.6. The normalized spacial score (nSPS) is 22.6. The Labute approximate surface area is 153 Å². The number of likely N-dealkylation sites (tertiary alicyclic amines) is 1. The molecule has 0 amide bonds. The molecule has 6 nitrogen and oxygen atoms in total.